The monoisotopic (exact) mass is 234 g/mol. The average molecular weight is 234 g/mol. The minimum Gasteiger partial charge on any atom is -0.469 e. The SMILES string of the molecule is COC(=O)[C@H]1C[C@@]1(OC(C)=O)c1ccccc1. The van der Waals surface area contributed by atoms with Gasteiger partial charge in [0.15, 0.2) is 5.60 Å². The van der Waals surface area contributed by atoms with Crippen LogP contribution in [0.5, 0.6) is 0 Å². The molecule has 1 saturated carbocycles. The molecule has 0 saturated heterocycles. The number of hydrogen-bond acceptors (Lipinski definition) is 4. The molecular formula is C13H14O4. The van der Waals surface area contributed by atoms with Crippen LogP contribution in [0.2, 0.25) is 0 Å². The molecule has 4 nitrogen and oxygen atoms in total. The standard InChI is InChI=1S/C13H14O4/c1-9(14)17-13(8-11(13)12(15)16-2)10-6-4-3-5-7-10/h3-7,11H,8H2,1-2H3/t11-,13-/m1/s1. The van der Waals surface area contributed by atoms with Gasteiger partial charge in [0.2, 0.25) is 0 Å². The lowest BCUT2D eigenvalue weighted by Gasteiger charge is -2.17. The fourth-order valence-electron chi connectivity index (χ4n) is 2.13. The van der Waals surface area contributed by atoms with E-state index in [2.05, 4.69) is 0 Å². The Balaban J connectivity index is 2.29. The largest absolute Gasteiger partial charge is 0.469 e. The molecule has 0 N–H and O–H groups in total. The van der Waals surface area contributed by atoms with Crippen molar-refractivity contribution in [1.82, 2.24) is 0 Å². The van der Waals surface area contributed by atoms with Gasteiger partial charge in [0.25, 0.3) is 0 Å². The summed E-state index contributed by atoms with van der Waals surface area (Å²) in [6.07, 6.45) is 0.489. The van der Waals surface area contributed by atoms with Gasteiger partial charge in [-0.05, 0) is 5.56 Å². The van der Waals surface area contributed by atoms with Crippen LogP contribution in [0.15, 0.2) is 30.3 Å². The Kier molecular flexibility index (Phi) is 2.88. The van der Waals surface area contributed by atoms with Crippen molar-refractivity contribution in [3.63, 3.8) is 0 Å². The van der Waals surface area contributed by atoms with Crippen LogP contribution < -0.4 is 0 Å². The Labute approximate surface area is 99.5 Å². The maximum atomic E-state index is 11.5. The Morgan fingerprint density at radius 1 is 1.29 bits per heavy atom. The second kappa shape index (κ2) is 4.20. The van der Waals surface area contributed by atoms with Crippen LogP contribution >= 0.6 is 0 Å². The summed E-state index contributed by atoms with van der Waals surface area (Å²) < 4.78 is 10.0. The van der Waals surface area contributed by atoms with E-state index in [9.17, 15) is 9.59 Å². The van der Waals surface area contributed by atoms with Crippen LogP contribution in [0, 0.1) is 5.92 Å². The molecule has 0 heterocycles. The molecule has 0 bridgehead atoms. The van der Waals surface area contributed by atoms with Gasteiger partial charge in [0.05, 0.1) is 7.11 Å². The van der Waals surface area contributed by atoms with E-state index >= 15 is 0 Å². The van der Waals surface area contributed by atoms with Gasteiger partial charge in [-0.2, -0.15) is 0 Å². The molecular weight excluding hydrogens is 220 g/mol. The van der Waals surface area contributed by atoms with Crippen molar-refractivity contribution < 1.29 is 19.1 Å². The van der Waals surface area contributed by atoms with Gasteiger partial charge in [0.1, 0.15) is 5.92 Å². The van der Waals surface area contributed by atoms with Crippen LogP contribution in [-0.2, 0) is 24.7 Å². The van der Waals surface area contributed by atoms with Gasteiger partial charge < -0.3 is 9.47 Å². The third-order valence-corrected chi connectivity index (χ3v) is 2.98. The molecule has 2 atom stereocenters. The summed E-state index contributed by atoms with van der Waals surface area (Å²) in [6, 6.07) is 9.29. The Morgan fingerprint density at radius 3 is 2.47 bits per heavy atom. The normalized spacial score (nSPS) is 26.1. The van der Waals surface area contributed by atoms with Gasteiger partial charge in [0, 0.05) is 13.3 Å². The molecule has 0 spiro atoms. The van der Waals surface area contributed by atoms with E-state index in [-0.39, 0.29) is 11.9 Å². The minimum absolute atomic E-state index is 0.338. The van der Waals surface area contributed by atoms with Crippen LogP contribution in [-0.4, -0.2) is 19.0 Å². The first-order valence-electron chi connectivity index (χ1n) is 5.43. The fourth-order valence-corrected chi connectivity index (χ4v) is 2.13. The topological polar surface area (TPSA) is 52.6 Å². The van der Waals surface area contributed by atoms with Crippen molar-refractivity contribution in [2.45, 2.75) is 18.9 Å². The predicted molar refractivity (Wildman–Crippen MR) is 60.0 cm³/mol. The second-order valence-electron chi connectivity index (χ2n) is 4.13. The number of rotatable bonds is 3. The smallest absolute Gasteiger partial charge is 0.313 e. The van der Waals surface area contributed by atoms with E-state index in [1.54, 1.807) is 0 Å². The average Bonchev–Trinajstić information content (AvgIpc) is 3.04. The van der Waals surface area contributed by atoms with Gasteiger partial charge in [-0.15, -0.1) is 0 Å². The molecule has 1 aromatic rings. The van der Waals surface area contributed by atoms with E-state index in [0.717, 1.165) is 5.56 Å². The number of benzene rings is 1. The summed E-state index contributed by atoms with van der Waals surface area (Å²) in [7, 11) is 1.34. The Morgan fingerprint density at radius 2 is 1.94 bits per heavy atom. The van der Waals surface area contributed by atoms with Crippen LogP contribution in [0.25, 0.3) is 0 Å². The number of methoxy groups -OCH3 is 1. The molecule has 1 aromatic carbocycles. The van der Waals surface area contributed by atoms with Crippen LogP contribution in [0.4, 0.5) is 0 Å². The lowest BCUT2D eigenvalue weighted by molar-refractivity contribution is -0.154. The van der Waals surface area contributed by atoms with Crippen molar-refractivity contribution in [2.75, 3.05) is 7.11 Å². The molecule has 1 aliphatic carbocycles. The first-order valence-corrected chi connectivity index (χ1v) is 5.43. The second-order valence-corrected chi connectivity index (χ2v) is 4.13. The number of ether oxygens (including phenoxy) is 2. The zero-order valence-electron chi connectivity index (χ0n) is 9.80. The first kappa shape index (κ1) is 11.6. The zero-order chi connectivity index (χ0) is 12.5. The van der Waals surface area contributed by atoms with Gasteiger partial charge >= 0.3 is 11.9 Å². The molecule has 0 aromatic heterocycles. The number of esters is 2. The molecule has 1 fully saturated rings. The van der Waals surface area contributed by atoms with Crippen molar-refractivity contribution in [2.24, 2.45) is 5.92 Å². The molecule has 1 aliphatic rings. The Hall–Kier alpha value is -1.84. The number of hydrogen-bond donors (Lipinski definition) is 0. The molecule has 0 radical (unpaired) electrons. The maximum absolute atomic E-state index is 11.5. The van der Waals surface area contributed by atoms with E-state index < -0.39 is 11.5 Å². The van der Waals surface area contributed by atoms with E-state index in [0.29, 0.717) is 6.42 Å². The summed E-state index contributed by atoms with van der Waals surface area (Å²) in [5.41, 5.74) is 0.0193. The summed E-state index contributed by atoms with van der Waals surface area (Å²) in [5.74, 6) is -1.12. The van der Waals surface area contributed by atoms with Crippen molar-refractivity contribution in [1.29, 1.82) is 0 Å². The van der Waals surface area contributed by atoms with Gasteiger partial charge in [-0.3, -0.25) is 9.59 Å². The summed E-state index contributed by atoms with van der Waals surface area (Å²) >= 11 is 0. The number of carbonyl (C=O) groups is 2. The van der Waals surface area contributed by atoms with Crippen molar-refractivity contribution in [3.8, 4) is 0 Å². The van der Waals surface area contributed by atoms with E-state index in [4.69, 9.17) is 9.47 Å². The Bertz CT molecular complexity index is 440. The summed E-state index contributed by atoms with van der Waals surface area (Å²) in [4.78, 5) is 22.7. The lowest BCUT2D eigenvalue weighted by atomic mass is 10.1. The minimum atomic E-state index is -0.819. The maximum Gasteiger partial charge on any atom is 0.313 e. The zero-order valence-corrected chi connectivity index (χ0v) is 9.80. The highest BCUT2D eigenvalue weighted by molar-refractivity contribution is 5.80. The fraction of sp³-hybridized carbons (Fsp3) is 0.385. The third-order valence-electron chi connectivity index (χ3n) is 2.98. The molecule has 2 rings (SSSR count). The predicted octanol–water partition coefficient (Wildman–Crippen LogP) is 1.64. The third kappa shape index (κ3) is 2.02. The molecule has 17 heavy (non-hydrogen) atoms. The van der Waals surface area contributed by atoms with Crippen LogP contribution in [0.1, 0.15) is 18.9 Å². The molecule has 0 amide bonds. The molecule has 4 heteroatoms. The van der Waals surface area contributed by atoms with Gasteiger partial charge in [-0.25, -0.2) is 0 Å². The molecule has 0 unspecified atom stereocenters. The van der Waals surface area contributed by atoms with Crippen molar-refractivity contribution >= 4 is 11.9 Å². The number of carbonyl (C=O) groups excluding carboxylic acids is 2. The molecule has 0 aliphatic heterocycles. The van der Waals surface area contributed by atoms with E-state index in [1.807, 2.05) is 30.3 Å². The van der Waals surface area contributed by atoms with E-state index in [1.165, 1.54) is 14.0 Å². The lowest BCUT2D eigenvalue weighted by Crippen LogP contribution is -2.22. The summed E-state index contributed by atoms with van der Waals surface area (Å²) in [6.45, 7) is 1.34. The summed E-state index contributed by atoms with van der Waals surface area (Å²) in [5, 5.41) is 0. The van der Waals surface area contributed by atoms with Gasteiger partial charge in [-0.1, -0.05) is 30.3 Å². The first-order chi connectivity index (χ1) is 8.10. The highest BCUT2D eigenvalue weighted by Gasteiger charge is 2.63. The highest BCUT2D eigenvalue weighted by Crippen LogP contribution is 2.55. The van der Waals surface area contributed by atoms with Crippen LogP contribution in [0.3, 0.4) is 0 Å². The highest BCUT2D eigenvalue weighted by atomic mass is 16.6. The van der Waals surface area contributed by atoms with Crippen molar-refractivity contribution in [3.05, 3.63) is 35.9 Å². The molecule has 90 valence electrons. The quantitative estimate of drug-likeness (QED) is 0.746.